The number of aliphatic hydroxyl groups excluding tert-OH is 1. The van der Waals surface area contributed by atoms with E-state index in [1.54, 1.807) is 18.2 Å². The Labute approximate surface area is 104 Å². The SMILES string of the molecule is O=C(O)CCC(O)c1ccc(-c2ccon2)cc1. The monoisotopic (exact) mass is 247 g/mol. The summed E-state index contributed by atoms with van der Waals surface area (Å²) in [6.45, 7) is 0. The number of aliphatic carboxylic acids is 1. The smallest absolute Gasteiger partial charge is 0.303 e. The predicted molar refractivity (Wildman–Crippen MR) is 63.8 cm³/mol. The summed E-state index contributed by atoms with van der Waals surface area (Å²) in [5, 5.41) is 22.1. The molecule has 1 aromatic carbocycles. The molecular formula is C13H13NO4. The highest BCUT2D eigenvalue weighted by Crippen LogP contribution is 2.22. The number of benzene rings is 1. The van der Waals surface area contributed by atoms with Crippen LogP contribution in [0.1, 0.15) is 24.5 Å². The van der Waals surface area contributed by atoms with E-state index in [-0.39, 0.29) is 12.8 Å². The van der Waals surface area contributed by atoms with Gasteiger partial charge in [0.05, 0.1) is 6.10 Å². The van der Waals surface area contributed by atoms with Crippen molar-refractivity contribution in [1.29, 1.82) is 0 Å². The van der Waals surface area contributed by atoms with E-state index >= 15 is 0 Å². The summed E-state index contributed by atoms with van der Waals surface area (Å²) in [5.74, 6) is -0.909. The Hall–Kier alpha value is -2.14. The molecule has 1 heterocycles. The first-order chi connectivity index (χ1) is 8.66. The van der Waals surface area contributed by atoms with E-state index in [0.29, 0.717) is 5.56 Å². The summed E-state index contributed by atoms with van der Waals surface area (Å²) in [4.78, 5) is 10.4. The molecule has 5 nitrogen and oxygen atoms in total. The molecule has 0 aliphatic carbocycles. The van der Waals surface area contributed by atoms with Crippen LogP contribution in [-0.4, -0.2) is 21.3 Å². The number of carboxylic acids is 1. The largest absolute Gasteiger partial charge is 0.481 e. The van der Waals surface area contributed by atoms with Crippen molar-refractivity contribution in [3.8, 4) is 11.3 Å². The van der Waals surface area contributed by atoms with Gasteiger partial charge in [-0.25, -0.2) is 0 Å². The fourth-order valence-electron chi connectivity index (χ4n) is 1.66. The number of aliphatic hydroxyl groups is 1. The maximum atomic E-state index is 10.4. The highest BCUT2D eigenvalue weighted by molar-refractivity contribution is 5.66. The lowest BCUT2D eigenvalue weighted by Gasteiger charge is -2.09. The van der Waals surface area contributed by atoms with Crippen molar-refractivity contribution < 1.29 is 19.5 Å². The number of hydrogen-bond donors (Lipinski definition) is 2. The standard InChI is InChI=1S/C13H13NO4/c15-12(5-6-13(16)17)10-3-1-9(2-4-10)11-7-8-18-14-11/h1-4,7-8,12,15H,5-6H2,(H,16,17). The van der Waals surface area contributed by atoms with Crippen LogP contribution < -0.4 is 0 Å². The summed E-state index contributed by atoms with van der Waals surface area (Å²) in [7, 11) is 0. The van der Waals surface area contributed by atoms with E-state index < -0.39 is 12.1 Å². The molecule has 1 unspecified atom stereocenters. The highest BCUT2D eigenvalue weighted by atomic mass is 16.5. The van der Waals surface area contributed by atoms with E-state index in [1.165, 1.54) is 6.26 Å². The van der Waals surface area contributed by atoms with Crippen molar-refractivity contribution in [2.75, 3.05) is 0 Å². The van der Waals surface area contributed by atoms with Gasteiger partial charge in [-0.1, -0.05) is 29.4 Å². The van der Waals surface area contributed by atoms with Crippen LogP contribution in [0.2, 0.25) is 0 Å². The lowest BCUT2D eigenvalue weighted by molar-refractivity contribution is -0.137. The molecule has 94 valence electrons. The minimum absolute atomic E-state index is 0.0494. The van der Waals surface area contributed by atoms with Gasteiger partial charge in [-0.15, -0.1) is 0 Å². The summed E-state index contributed by atoms with van der Waals surface area (Å²) in [6.07, 6.45) is 0.892. The molecule has 18 heavy (non-hydrogen) atoms. The van der Waals surface area contributed by atoms with E-state index in [4.69, 9.17) is 9.63 Å². The molecule has 0 saturated heterocycles. The fraction of sp³-hybridized carbons (Fsp3) is 0.231. The zero-order chi connectivity index (χ0) is 13.0. The first-order valence-corrected chi connectivity index (χ1v) is 5.57. The molecular weight excluding hydrogens is 234 g/mol. The van der Waals surface area contributed by atoms with Gasteiger partial charge < -0.3 is 14.7 Å². The normalized spacial score (nSPS) is 12.3. The number of nitrogens with zero attached hydrogens (tertiary/aromatic N) is 1. The lowest BCUT2D eigenvalue weighted by Crippen LogP contribution is -2.02. The quantitative estimate of drug-likeness (QED) is 0.846. The van der Waals surface area contributed by atoms with E-state index in [2.05, 4.69) is 5.16 Å². The number of carbonyl (C=O) groups is 1. The van der Waals surface area contributed by atoms with Gasteiger partial charge in [0.15, 0.2) is 0 Å². The molecule has 0 bridgehead atoms. The lowest BCUT2D eigenvalue weighted by atomic mass is 10.0. The number of hydrogen-bond acceptors (Lipinski definition) is 4. The molecule has 0 spiro atoms. The molecule has 5 heteroatoms. The van der Waals surface area contributed by atoms with Gasteiger partial charge in [-0.05, 0) is 12.0 Å². The summed E-state index contributed by atoms with van der Waals surface area (Å²) in [5.41, 5.74) is 2.31. The molecule has 2 aromatic rings. The Morgan fingerprint density at radius 3 is 2.56 bits per heavy atom. The average Bonchev–Trinajstić information content (AvgIpc) is 2.90. The van der Waals surface area contributed by atoms with Crippen LogP contribution in [-0.2, 0) is 4.79 Å². The van der Waals surface area contributed by atoms with Crippen molar-refractivity contribution in [2.24, 2.45) is 0 Å². The van der Waals surface area contributed by atoms with E-state index in [1.807, 2.05) is 12.1 Å². The van der Waals surface area contributed by atoms with Gasteiger partial charge in [-0.2, -0.15) is 0 Å². The summed E-state index contributed by atoms with van der Waals surface area (Å²) < 4.78 is 4.75. The molecule has 1 aromatic heterocycles. The second kappa shape index (κ2) is 5.46. The Morgan fingerprint density at radius 1 is 1.28 bits per heavy atom. The van der Waals surface area contributed by atoms with Gasteiger partial charge in [0.25, 0.3) is 0 Å². The number of aromatic nitrogens is 1. The minimum atomic E-state index is -0.909. The fourth-order valence-corrected chi connectivity index (χ4v) is 1.66. The van der Waals surface area contributed by atoms with Crippen LogP contribution in [0.5, 0.6) is 0 Å². The topological polar surface area (TPSA) is 83.6 Å². The first kappa shape index (κ1) is 12.3. The third-order valence-electron chi connectivity index (χ3n) is 2.66. The second-order valence-electron chi connectivity index (χ2n) is 3.95. The molecule has 2 N–H and O–H groups in total. The molecule has 0 saturated carbocycles. The zero-order valence-corrected chi connectivity index (χ0v) is 9.61. The van der Waals surface area contributed by atoms with Crippen molar-refractivity contribution in [1.82, 2.24) is 5.16 Å². The van der Waals surface area contributed by atoms with Crippen molar-refractivity contribution in [3.05, 3.63) is 42.2 Å². The molecule has 0 radical (unpaired) electrons. The van der Waals surface area contributed by atoms with Crippen LogP contribution in [0.4, 0.5) is 0 Å². The Kier molecular flexibility index (Phi) is 3.74. The van der Waals surface area contributed by atoms with E-state index in [0.717, 1.165) is 11.3 Å². The maximum absolute atomic E-state index is 10.4. The van der Waals surface area contributed by atoms with Crippen LogP contribution in [0.25, 0.3) is 11.3 Å². The van der Waals surface area contributed by atoms with Gasteiger partial charge in [0.1, 0.15) is 12.0 Å². The highest BCUT2D eigenvalue weighted by Gasteiger charge is 2.10. The zero-order valence-electron chi connectivity index (χ0n) is 9.61. The summed E-state index contributed by atoms with van der Waals surface area (Å²) in [6, 6.07) is 8.90. The Balaban J connectivity index is 2.05. The Morgan fingerprint density at radius 2 is 2.00 bits per heavy atom. The predicted octanol–water partition coefficient (Wildman–Crippen LogP) is 2.24. The second-order valence-corrected chi connectivity index (χ2v) is 3.95. The van der Waals surface area contributed by atoms with Crippen LogP contribution in [0, 0.1) is 0 Å². The molecule has 0 amide bonds. The molecule has 0 aliphatic rings. The molecule has 1 atom stereocenters. The number of carboxylic acid groups (broad SMARTS) is 1. The van der Waals surface area contributed by atoms with Crippen molar-refractivity contribution >= 4 is 5.97 Å². The van der Waals surface area contributed by atoms with Crippen LogP contribution >= 0.6 is 0 Å². The summed E-state index contributed by atoms with van der Waals surface area (Å²) >= 11 is 0. The third kappa shape index (κ3) is 2.95. The van der Waals surface area contributed by atoms with Crippen LogP contribution in [0.3, 0.4) is 0 Å². The number of rotatable bonds is 5. The van der Waals surface area contributed by atoms with Gasteiger partial charge in [-0.3, -0.25) is 4.79 Å². The molecule has 2 rings (SSSR count). The van der Waals surface area contributed by atoms with E-state index in [9.17, 15) is 9.90 Å². The van der Waals surface area contributed by atoms with Crippen molar-refractivity contribution in [3.63, 3.8) is 0 Å². The molecule has 0 fully saturated rings. The van der Waals surface area contributed by atoms with Crippen molar-refractivity contribution in [2.45, 2.75) is 18.9 Å². The minimum Gasteiger partial charge on any atom is -0.481 e. The third-order valence-corrected chi connectivity index (χ3v) is 2.66. The molecule has 0 aliphatic heterocycles. The average molecular weight is 247 g/mol. The van der Waals surface area contributed by atoms with Gasteiger partial charge in [0, 0.05) is 18.1 Å². The first-order valence-electron chi connectivity index (χ1n) is 5.57. The van der Waals surface area contributed by atoms with Gasteiger partial charge in [0.2, 0.25) is 0 Å². The Bertz CT molecular complexity index is 504. The van der Waals surface area contributed by atoms with Crippen LogP contribution in [0.15, 0.2) is 41.1 Å². The van der Waals surface area contributed by atoms with Gasteiger partial charge >= 0.3 is 5.97 Å². The maximum Gasteiger partial charge on any atom is 0.303 e.